The van der Waals surface area contributed by atoms with Crippen LogP contribution in [0.1, 0.15) is 50.9 Å². The Balaban J connectivity index is 1.80. The van der Waals surface area contributed by atoms with Gasteiger partial charge in [0.2, 0.25) is 15.9 Å². The third-order valence-corrected chi connectivity index (χ3v) is 5.24. The summed E-state index contributed by atoms with van der Waals surface area (Å²) in [5.74, 6) is 1.83. The molecule has 1 aromatic heterocycles. The molecule has 0 amide bonds. The summed E-state index contributed by atoms with van der Waals surface area (Å²) in [6.07, 6.45) is 0.751. The zero-order chi connectivity index (χ0) is 18.0. The van der Waals surface area contributed by atoms with Crippen molar-refractivity contribution < 1.29 is 22.4 Å². The summed E-state index contributed by atoms with van der Waals surface area (Å²) >= 11 is 0. The van der Waals surface area contributed by atoms with Crippen LogP contribution < -0.4 is 14.2 Å². The number of nitrogens with zero attached hydrogens (tertiary/aromatic N) is 2. The Bertz CT molecular complexity index is 847. The van der Waals surface area contributed by atoms with Gasteiger partial charge >= 0.3 is 0 Å². The average molecular weight is 367 g/mol. The van der Waals surface area contributed by atoms with Crippen LogP contribution in [0, 0.1) is 0 Å². The van der Waals surface area contributed by atoms with Gasteiger partial charge in [0.05, 0.1) is 24.2 Å². The Morgan fingerprint density at radius 1 is 1.12 bits per heavy atom. The number of sulfonamides is 1. The van der Waals surface area contributed by atoms with E-state index in [1.807, 2.05) is 13.8 Å². The van der Waals surface area contributed by atoms with Gasteiger partial charge in [-0.05, 0) is 19.1 Å². The Morgan fingerprint density at radius 3 is 2.52 bits per heavy atom. The molecule has 3 rings (SSSR count). The largest absolute Gasteiger partial charge is 0.490 e. The zero-order valence-electron chi connectivity index (χ0n) is 14.4. The van der Waals surface area contributed by atoms with Crippen molar-refractivity contribution in [2.24, 2.45) is 0 Å². The normalized spacial score (nSPS) is 15.8. The van der Waals surface area contributed by atoms with E-state index >= 15 is 0 Å². The van der Waals surface area contributed by atoms with Gasteiger partial charge in [0, 0.05) is 18.4 Å². The highest BCUT2D eigenvalue weighted by molar-refractivity contribution is 7.89. The van der Waals surface area contributed by atoms with Crippen molar-refractivity contribution in [3.63, 3.8) is 0 Å². The first-order chi connectivity index (χ1) is 11.9. The summed E-state index contributed by atoms with van der Waals surface area (Å²) in [6, 6.07) is 3.89. The van der Waals surface area contributed by atoms with Crippen LogP contribution in [-0.4, -0.2) is 31.8 Å². The molecular weight excluding hydrogens is 346 g/mol. The van der Waals surface area contributed by atoms with E-state index < -0.39 is 16.1 Å². The van der Waals surface area contributed by atoms with Gasteiger partial charge in [0.1, 0.15) is 0 Å². The van der Waals surface area contributed by atoms with Crippen LogP contribution >= 0.6 is 0 Å². The van der Waals surface area contributed by atoms with Crippen molar-refractivity contribution in [2.75, 3.05) is 13.2 Å². The molecule has 2 heterocycles. The molecule has 1 aliphatic heterocycles. The molecular formula is C16H21N3O5S. The lowest BCUT2D eigenvalue weighted by Crippen LogP contribution is -2.27. The number of hydrogen-bond donors (Lipinski definition) is 1. The van der Waals surface area contributed by atoms with Crippen LogP contribution in [-0.2, 0) is 10.0 Å². The van der Waals surface area contributed by atoms with Crippen molar-refractivity contribution in [2.45, 2.75) is 44.0 Å². The number of hydrogen-bond acceptors (Lipinski definition) is 7. The second-order valence-corrected chi connectivity index (χ2v) is 7.86. The van der Waals surface area contributed by atoms with Crippen LogP contribution in [0.5, 0.6) is 11.5 Å². The summed E-state index contributed by atoms with van der Waals surface area (Å²) in [6.45, 7) is 6.55. The standard InChI is InChI=1S/C16H21N3O5S/c1-10(2)15-17-16(24-18-15)11(3)19-25(20,21)12-5-6-13-14(9-12)23-8-4-7-22-13/h5-6,9-11,19H,4,7-8H2,1-3H3/t11-/m1/s1. The summed E-state index contributed by atoms with van der Waals surface area (Å²) in [7, 11) is -3.78. The zero-order valence-corrected chi connectivity index (χ0v) is 15.2. The molecule has 136 valence electrons. The first kappa shape index (κ1) is 17.7. The molecule has 1 aliphatic rings. The van der Waals surface area contributed by atoms with Gasteiger partial charge in [-0.3, -0.25) is 0 Å². The highest BCUT2D eigenvalue weighted by atomic mass is 32.2. The average Bonchev–Trinajstić information content (AvgIpc) is 2.94. The summed E-state index contributed by atoms with van der Waals surface area (Å²) in [5, 5.41) is 3.85. The van der Waals surface area contributed by atoms with Crippen LogP contribution in [0.2, 0.25) is 0 Å². The van der Waals surface area contributed by atoms with E-state index in [0.717, 1.165) is 6.42 Å². The number of nitrogens with one attached hydrogen (secondary N) is 1. The molecule has 0 saturated heterocycles. The maximum absolute atomic E-state index is 12.6. The highest BCUT2D eigenvalue weighted by Crippen LogP contribution is 2.32. The Morgan fingerprint density at radius 2 is 1.84 bits per heavy atom. The van der Waals surface area contributed by atoms with Gasteiger partial charge in [0.15, 0.2) is 17.3 Å². The quantitative estimate of drug-likeness (QED) is 0.865. The second-order valence-electron chi connectivity index (χ2n) is 6.15. The summed E-state index contributed by atoms with van der Waals surface area (Å²) in [5.41, 5.74) is 0. The maximum Gasteiger partial charge on any atom is 0.244 e. The second kappa shape index (κ2) is 7.01. The Hall–Kier alpha value is -2.13. The molecule has 0 bridgehead atoms. The molecule has 1 atom stereocenters. The molecule has 0 aliphatic carbocycles. The minimum atomic E-state index is -3.78. The van der Waals surface area contributed by atoms with Gasteiger partial charge in [0.25, 0.3) is 0 Å². The fourth-order valence-corrected chi connectivity index (χ4v) is 3.53. The molecule has 0 fully saturated rings. The van der Waals surface area contributed by atoms with Gasteiger partial charge in [-0.25, -0.2) is 8.42 Å². The Labute approximate surface area is 146 Å². The van der Waals surface area contributed by atoms with Gasteiger partial charge < -0.3 is 14.0 Å². The van der Waals surface area contributed by atoms with Crippen LogP contribution in [0.15, 0.2) is 27.6 Å². The molecule has 0 unspecified atom stereocenters. The lowest BCUT2D eigenvalue weighted by atomic mass is 10.2. The predicted octanol–water partition coefficient (Wildman–Crippen LogP) is 2.39. The van der Waals surface area contributed by atoms with E-state index in [1.54, 1.807) is 13.0 Å². The molecule has 0 saturated carbocycles. The fraction of sp³-hybridized carbons (Fsp3) is 0.500. The third-order valence-electron chi connectivity index (χ3n) is 3.71. The number of ether oxygens (including phenoxy) is 2. The minimum Gasteiger partial charge on any atom is -0.490 e. The van der Waals surface area contributed by atoms with Crippen molar-refractivity contribution >= 4 is 10.0 Å². The smallest absolute Gasteiger partial charge is 0.244 e. The van der Waals surface area contributed by atoms with Crippen molar-refractivity contribution in [1.29, 1.82) is 0 Å². The van der Waals surface area contributed by atoms with E-state index in [9.17, 15) is 8.42 Å². The Kier molecular flexibility index (Phi) is 4.96. The number of aromatic nitrogens is 2. The number of rotatable bonds is 5. The first-order valence-corrected chi connectivity index (χ1v) is 9.60. The number of fused-ring (bicyclic) bond motifs is 1. The van der Waals surface area contributed by atoms with Gasteiger partial charge in [-0.1, -0.05) is 19.0 Å². The van der Waals surface area contributed by atoms with Gasteiger partial charge in [-0.15, -0.1) is 0 Å². The monoisotopic (exact) mass is 367 g/mol. The van der Waals surface area contributed by atoms with Crippen LogP contribution in [0.3, 0.4) is 0 Å². The predicted molar refractivity (Wildman–Crippen MR) is 89.2 cm³/mol. The molecule has 9 heteroatoms. The highest BCUT2D eigenvalue weighted by Gasteiger charge is 2.24. The minimum absolute atomic E-state index is 0.0900. The topological polar surface area (TPSA) is 104 Å². The summed E-state index contributed by atoms with van der Waals surface area (Å²) in [4.78, 5) is 4.31. The van der Waals surface area contributed by atoms with E-state index in [-0.39, 0.29) is 16.7 Å². The van der Waals surface area contributed by atoms with Crippen molar-refractivity contribution in [1.82, 2.24) is 14.9 Å². The van der Waals surface area contributed by atoms with Gasteiger partial charge in [-0.2, -0.15) is 9.71 Å². The molecule has 25 heavy (non-hydrogen) atoms. The third kappa shape index (κ3) is 3.93. The number of benzene rings is 1. The maximum atomic E-state index is 12.6. The van der Waals surface area contributed by atoms with E-state index in [0.29, 0.717) is 30.5 Å². The van der Waals surface area contributed by atoms with E-state index in [1.165, 1.54) is 12.1 Å². The molecule has 1 aromatic carbocycles. The van der Waals surface area contributed by atoms with E-state index in [4.69, 9.17) is 14.0 Å². The van der Waals surface area contributed by atoms with Crippen LogP contribution in [0.25, 0.3) is 0 Å². The molecule has 8 nitrogen and oxygen atoms in total. The SMILES string of the molecule is CC(C)c1noc([C@@H](C)NS(=O)(=O)c2ccc3c(c2)OCCCO3)n1. The van der Waals surface area contributed by atoms with Crippen molar-refractivity contribution in [3.05, 3.63) is 29.9 Å². The summed E-state index contributed by atoms with van der Waals surface area (Å²) < 4.78 is 44.0. The van der Waals surface area contributed by atoms with Crippen LogP contribution in [0.4, 0.5) is 0 Å². The van der Waals surface area contributed by atoms with Crippen molar-refractivity contribution in [3.8, 4) is 11.5 Å². The first-order valence-electron chi connectivity index (χ1n) is 8.12. The lowest BCUT2D eigenvalue weighted by molar-refractivity contribution is 0.297. The van der Waals surface area contributed by atoms with E-state index in [2.05, 4.69) is 14.9 Å². The molecule has 0 spiro atoms. The fourth-order valence-electron chi connectivity index (χ4n) is 2.32. The lowest BCUT2D eigenvalue weighted by Gasteiger charge is -2.13. The molecule has 2 aromatic rings. The molecule has 0 radical (unpaired) electrons. The molecule has 1 N–H and O–H groups in total.